The summed E-state index contributed by atoms with van der Waals surface area (Å²) in [4.78, 5) is 24.0. The molecule has 2 N–H and O–H groups in total. The molecule has 5 nitrogen and oxygen atoms in total. The number of carboxylic acid groups (broad SMARTS) is 2. The van der Waals surface area contributed by atoms with Crippen molar-refractivity contribution in [1.82, 2.24) is 4.90 Å². The van der Waals surface area contributed by atoms with E-state index < -0.39 is 23.9 Å². The molecule has 0 bridgehead atoms. The van der Waals surface area contributed by atoms with Gasteiger partial charge in [-0.25, -0.2) is 4.79 Å². The lowest BCUT2D eigenvalue weighted by Crippen LogP contribution is -2.43. The SMILES string of the molecule is C=CCN(CC=C)C1C=C(C(=O)O)C=CC1C(=O)O. The van der Waals surface area contributed by atoms with E-state index in [9.17, 15) is 14.7 Å². The number of hydrogen-bond donors (Lipinski definition) is 2. The minimum Gasteiger partial charge on any atom is -0.481 e. The Bertz CT molecular complexity index is 440. The van der Waals surface area contributed by atoms with E-state index in [-0.39, 0.29) is 5.57 Å². The van der Waals surface area contributed by atoms with Gasteiger partial charge in [-0.05, 0) is 0 Å². The standard InChI is InChI=1S/C14H17NO4/c1-3-7-15(8-4-2)12-9-10(13(16)17)5-6-11(12)14(18)19/h3-6,9,11-12H,1-2,7-8H2,(H,16,17)(H,18,19). The highest BCUT2D eigenvalue weighted by molar-refractivity contribution is 5.91. The summed E-state index contributed by atoms with van der Waals surface area (Å²) in [5, 5.41) is 18.2. The Hall–Kier alpha value is -2.14. The first-order valence-corrected chi connectivity index (χ1v) is 5.83. The van der Waals surface area contributed by atoms with Crippen LogP contribution in [0.4, 0.5) is 0 Å². The fraction of sp³-hybridized carbons (Fsp3) is 0.286. The van der Waals surface area contributed by atoms with Gasteiger partial charge in [0.2, 0.25) is 0 Å². The predicted octanol–water partition coefficient (Wildman–Crippen LogP) is 1.31. The molecule has 0 aliphatic heterocycles. The summed E-state index contributed by atoms with van der Waals surface area (Å²) in [6.07, 6.45) is 7.51. The Morgan fingerprint density at radius 1 is 1.26 bits per heavy atom. The number of nitrogens with zero attached hydrogens (tertiary/aromatic N) is 1. The highest BCUT2D eigenvalue weighted by Gasteiger charge is 2.31. The molecule has 1 rings (SSSR count). The molecule has 1 aliphatic carbocycles. The van der Waals surface area contributed by atoms with E-state index in [1.165, 1.54) is 18.2 Å². The minimum atomic E-state index is -1.07. The predicted molar refractivity (Wildman–Crippen MR) is 71.7 cm³/mol. The second-order valence-corrected chi connectivity index (χ2v) is 4.17. The van der Waals surface area contributed by atoms with Gasteiger partial charge in [-0.1, -0.05) is 30.4 Å². The first-order chi connectivity index (χ1) is 9.01. The molecular weight excluding hydrogens is 246 g/mol. The maximum Gasteiger partial charge on any atom is 0.335 e. The van der Waals surface area contributed by atoms with Crippen LogP contribution in [0.1, 0.15) is 0 Å². The second-order valence-electron chi connectivity index (χ2n) is 4.17. The van der Waals surface area contributed by atoms with E-state index >= 15 is 0 Å². The van der Waals surface area contributed by atoms with Crippen molar-refractivity contribution in [2.24, 2.45) is 5.92 Å². The van der Waals surface area contributed by atoms with Gasteiger partial charge in [-0.3, -0.25) is 9.69 Å². The lowest BCUT2D eigenvalue weighted by atomic mass is 9.90. The monoisotopic (exact) mass is 263 g/mol. The van der Waals surface area contributed by atoms with E-state index in [2.05, 4.69) is 13.2 Å². The van der Waals surface area contributed by atoms with Crippen LogP contribution in [0.3, 0.4) is 0 Å². The second kappa shape index (κ2) is 6.70. The van der Waals surface area contributed by atoms with Crippen LogP contribution in [-0.4, -0.2) is 46.2 Å². The molecule has 0 fully saturated rings. The summed E-state index contributed by atoms with van der Waals surface area (Å²) in [5.74, 6) is -2.83. The summed E-state index contributed by atoms with van der Waals surface area (Å²) < 4.78 is 0. The molecule has 0 saturated carbocycles. The molecule has 0 radical (unpaired) electrons. The average Bonchev–Trinajstić information content (AvgIpc) is 2.37. The van der Waals surface area contributed by atoms with Gasteiger partial charge >= 0.3 is 11.9 Å². The summed E-state index contributed by atoms with van der Waals surface area (Å²) in [7, 11) is 0. The first-order valence-electron chi connectivity index (χ1n) is 5.83. The van der Waals surface area contributed by atoms with Gasteiger partial charge in [0, 0.05) is 19.1 Å². The Morgan fingerprint density at radius 2 is 1.84 bits per heavy atom. The molecule has 0 amide bonds. The zero-order chi connectivity index (χ0) is 14.4. The van der Waals surface area contributed by atoms with Gasteiger partial charge in [-0.2, -0.15) is 0 Å². The van der Waals surface area contributed by atoms with Crippen molar-refractivity contribution < 1.29 is 19.8 Å². The largest absolute Gasteiger partial charge is 0.481 e. The first kappa shape index (κ1) is 14.9. The van der Waals surface area contributed by atoms with Gasteiger partial charge in [0.1, 0.15) is 0 Å². The zero-order valence-corrected chi connectivity index (χ0v) is 10.5. The van der Waals surface area contributed by atoms with Gasteiger partial charge in [0.05, 0.1) is 11.5 Å². The average molecular weight is 263 g/mol. The molecule has 19 heavy (non-hydrogen) atoms. The van der Waals surface area contributed by atoms with Crippen LogP contribution in [0.25, 0.3) is 0 Å². The number of carboxylic acids is 2. The number of hydrogen-bond acceptors (Lipinski definition) is 3. The fourth-order valence-electron chi connectivity index (χ4n) is 2.02. The molecule has 0 aromatic rings. The van der Waals surface area contributed by atoms with Crippen LogP contribution in [0.2, 0.25) is 0 Å². The van der Waals surface area contributed by atoms with Crippen LogP contribution >= 0.6 is 0 Å². The normalized spacial score (nSPS) is 21.8. The molecule has 5 heteroatoms. The molecule has 0 spiro atoms. The highest BCUT2D eigenvalue weighted by Crippen LogP contribution is 2.22. The summed E-state index contributed by atoms with van der Waals surface area (Å²) >= 11 is 0. The summed E-state index contributed by atoms with van der Waals surface area (Å²) in [5.41, 5.74) is 0.0978. The van der Waals surface area contributed by atoms with Gasteiger partial charge in [0.15, 0.2) is 0 Å². The van der Waals surface area contributed by atoms with E-state index in [1.54, 1.807) is 12.2 Å². The molecule has 0 saturated heterocycles. The molecule has 102 valence electrons. The van der Waals surface area contributed by atoms with Crippen molar-refractivity contribution in [2.75, 3.05) is 13.1 Å². The maximum atomic E-state index is 11.2. The quantitative estimate of drug-likeness (QED) is 0.677. The summed E-state index contributed by atoms with van der Waals surface area (Å²) in [6.45, 7) is 8.16. The number of rotatable bonds is 7. The Kier molecular flexibility index (Phi) is 5.26. The van der Waals surface area contributed by atoms with Crippen molar-refractivity contribution in [3.8, 4) is 0 Å². The van der Waals surface area contributed by atoms with E-state index in [1.807, 2.05) is 4.90 Å². The summed E-state index contributed by atoms with van der Waals surface area (Å²) in [6, 6.07) is -0.524. The van der Waals surface area contributed by atoms with E-state index in [0.717, 1.165) is 0 Å². The van der Waals surface area contributed by atoms with Crippen LogP contribution in [0.5, 0.6) is 0 Å². The van der Waals surface area contributed by atoms with Crippen molar-refractivity contribution in [2.45, 2.75) is 6.04 Å². The molecule has 0 aromatic heterocycles. The van der Waals surface area contributed by atoms with Crippen LogP contribution in [0.15, 0.2) is 49.1 Å². The molecule has 2 atom stereocenters. The molecule has 1 aliphatic rings. The number of carbonyl (C=O) groups is 2. The lowest BCUT2D eigenvalue weighted by Gasteiger charge is -2.32. The van der Waals surface area contributed by atoms with E-state index in [4.69, 9.17) is 5.11 Å². The smallest absolute Gasteiger partial charge is 0.335 e. The maximum absolute atomic E-state index is 11.2. The molecule has 2 unspecified atom stereocenters. The lowest BCUT2D eigenvalue weighted by molar-refractivity contribution is -0.141. The van der Waals surface area contributed by atoms with E-state index in [0.29, 0.717) is 13.1 Å². The van der Waals surface area contributed by atoms with Crippen LogP contribution in [0, 0.1) is 5.92 Å². The van der Waals surface area contributed by atoms with Gasteiger partial charge < -0.3 is 10.2 Å². The Labute approximate surface area is 111 Å². The number of aliphatic carboxylic acids is 2. The molecule has 0 aromatic carbocycles. The van der Waals surface area contributed by atoms with Crippen molar-refractivity contribution in [3.63, 3.8) is 0 Å². The van der Waals surface area contributed by atoms with Crippen LogP contribution in [-0.2, 0) is 9.59 Å². The third kappa shape index (κ3) is 3.66. The van der Waals surface area contributed by atoms with Gasteiger partial charge in [0.25, 0.3) is 0 Å². The third-order valence-electron chi connectivity index (χ3n) is 2.88. The zero-order valence-electron chi connectivity index (χ0n) is 10.5. The molecular formula is C14H17NO4. The highest BCUT2D eigenvalue weighted by atomic mass is 16.4. The van der Waals surface area contributed by atoms with Crippen LogP contribution < -0.4 is 0 Å². The molecule has 0 heterocycles. The topological polar surface area (TPSA) is 77.8 Å². The van der Waals surface area contributed by atoms with Crippen molar-refractivity contribution in [1.29, 1.82) is 0 Å². The Morgan fingerprint density at radius 3 is 2.26 bits per heavy atom. The fourth-order valence-corrected chi connectivity index (χ4v) is 2.02. The minimum absolute atomic E-state index is 0.0978. The third-order valence-corrected chi connectivity index (χ3v) is 2.88. The van der Waals surface area contributed by atoms with Gasteiger partial charge in [-0.15, -0.1) is 13.2 Å². The Balaban J connectivity index is 3.09. The van der Waals surface area contributed by atoms with Crippen molar-refractivity contribution >= 4 is 11.9 Å². The van der Waals surface area contributed by atoms with Crippen molar-refractivity contribution in [3.05, 3.63) is 49.1 Å².